The molecular weight excluding hydrogens is 490 g/mol. The molecule has 202 valence electrons. The summed E-state index contributed by atoms with van der Waals surface area (Å²) in [5.74, 6) is 0.777. The zero-order valence-electron chi connectivity index (χ0n) is 22.4. The number of nitrogens with zero attached hydrogens (tertiary/aromatic N) is 4. The summed E-state index contributed by atoms with van der Waals surface area (Å²) in [6.07, 6.45) is 5.74. The summed E-state index contributed by atoms with van der Waals surface area (Å²) in [7, 11) is 0. The van der Waals surface area contributed by atoms with Crippen LogP contribution in [0.5, 0.6) is 0 Å². The summed E-state index contributed by atoms with van der Waals surface area (Å²) in [6, 6.07) is 20.1. The van der Waals surface area contributed by atoms with E-state index in [9.17, 15) is 14.4 Å². The van der Waals surface area contributed by atoms with Gasteiger partial charge in [-0.15, -0.1) is 0 Å². The van der Waals surface area contributed by atoms with Gasteiger partial charge in [0.15, 0.2) is 5.82 Å². The molecule has 0 bridgehead atoms. The average molecular weight is 526 g/mol. The second kappa shape index (κ2) is 12.2. The molecule has 1 fully saturated rings. The Kier molecular flexibility index (Phi) is 8.32. The van der Waals surface area contributed by atoms with Crippen LogP contribution < -0.4 is 10.2 Å². The van der Waals surface area contributed by atoms with Crippen molar-refractivity contribution in [2.75, 3.05) is 42.9 Å². The van der Waals surface area contributed by atoms with Crippen molar-refractivity contribution >= 4 is 34.9 Å². The lowest BCUT2D eigenvalue weighted by molar-refractivity contribution is -0.119. The minimum Gasteiger partial charge on any atom is -0.339 e. The van der Waals surface area contributed by atoms with E-state index in [0.29, 0.717) is 35.2 Å². The molecule has 1 aromatic heterocycles. The van der Waals surface area contributed by atoms with E-state index in [-0.39, 0.29) is 24.3 Å². The van der Waals surface area contributed by atoms with E-state index in [4.69, 9.17) is 0 Å². The van der Waals surface area contributed by atoms with Crippen molar-refractivity contribution in [1.29, 1.82) is 0 Å². The zero-order valence-corrected chi connectivity index (χ0v) is 22.4. The monoisotopic (exact) mass is 525 g/mol. The van der Waals surface area contributed by atoms with Gasteiger partial charge < -0.3 is 10.2 Å². The number of rotatable bonds is 8. The van der Waals surface area contributed by atoms with Gasteiger partial charge in [-0.3, -0.25) is 24.2 Å². The predicted octanol–water partition coefficient (Wildman–Crippen LogP) is 4.97. The number of piperidine rings is 1. The van der Waals surface area contributed by atoms with Crippen LogP contribution in [-0.2, 0) is 4.79 Å². The van der Waals surface area contributed by atoms with Crippen LogP contribution in [0, 0.1) is 5.92 Å². The first-order valence-electron chi connectivity index (χ1n) is 13.8. The first-order chi connectivity index (χ1) is 19.0. The molecular formula is C31H35N5O3. The second-order valence-electron chi connectivity index (χ2n) is 10.2. The smallest absolute Gasteiger partial charge is 0.257 e. The number of anilines is 3. The Morgan fingerprint density at radius 3 is 2.51 bits per heavy atom. The maximum absolute atomic E-state index is 13.7. The van der Waals surface area contributed by atoms with Gasteiger partial charge in [-0.2, -0.15) is 0 Å². The van der Waals surface area contributed by atoms with Gasteiger partial charge in [0, 0.05) is 24.8 Å². The molecule has 0 saturated carbocycles. The van der Waals surface area contributed by atoms with Crippen molar-refractivity contribution in [2.24, 2.45) is 5.92 Å². The topological polar surface area (TPSA) is 85.8 Å². The van der Waals surface area contributed by atoms with Gasteiger partial charge >= 0.3 is 0 Å². The van der Waals surface area contributed by atoms with Crippen LogP contribution in [0.1, 0.15) is 53.3 Å². The minimum absolute atomic E-state index is 0.0921. The van der Waals surface area contributed by atoms with Crippen molar-refractivity contribution < 1.29 is 14.4 Å². The fourth-order valence-corrected chi connectivity index (χ4v) is 5.52. The van der Waals surface area contributed by atoms with E-state index in [0.717, 1.165) is 50.9 Å². The summed E-state index contributed by atoms with van der Waals surface area (Å²) in [6.45, 7) is 5.44. The molecule has 3 heterocycles. The zero-order chi connectivity index (χ0) is 27.2. The van der Waals surface area contributed by atoms with Gasteiger partial charge in [-0.05, 0) is 88.0 Å². The molecule has 8 heteroatoms. The number of amides is 3. The molecule has 0 radical (unpaired) electrons. The molecule has 8 nitrogen and oxygen atoms in total. The van der Waals surface area contributed by atoms with Crippen LogP contribution in [0.4, 0.5) is 17.2 Å². The SMILES string of the molecule is CCN(CCCC1CCN(CC(=O)N2c3ccccc3C(=O)Nc3cccnc32)CC1)C(=O)c1ccccc1. The van der Waals surface area contributed by atoms with E-state index in [1.54, 1.807) is 41.4 Å². The van der Waals surface area contributed by atoms with E-state index >= 15 is 0 Å². The maximum Gasteiger partial charge on any atom is 0.257 e. The van der Waals surface area contributed by atoms with Crippen LogP contribution in [-0.4, -0.2) is 65.2 Å². The third-order valence-electron chi connectivity index (χ3n) is 7.68. The number of likely N-dealkylation sites (tertiary alicyclic amines) is 1. The Bertz CT molecular complexity index is 1320. The Balaban J connectivity index is 1.16. The van der Waals surface area contributed by atoms with Crippen molar-refractivity contribution in [3.8, 4) is 0 Å². The first kappa shape index (κ1) is 26.6. The number of para-hydroxylation sites is 1. The first-order valence-corrected chi connectivity index (χ1v) is 13.8. The number of carbonyl (C=O) groups excluding carboxylic acids is 3. The largest absolute Gasteiger partial charge is 0.339 e. The molecule has 0 spiro atoms. The molecule has 39 heavy (non-hydrogen) atoms. The quantitative estimate of drug-likeness (QED) is 0.449. The highest BCUT2D eigenvalue weighted by Gasteiger charge is 2.31. The Morgan fingerprint density at radius 2 is 1.74 bits per heavy atom. The third kappa shape index (κ3) is 6.01. The Labute approximate surface area is 229 Å². The Morgan fingerprint density at radius 1 is 1.00 bits per heavy atom. The van der Waals surface area contributed by atoms with Crippen molar-refractivity contribution in [3.63, 3.8) is 0 Å². The van der Waals surface area contributed by atoms with Crippen LogP contribution in [0.25, 0.3) is 0 Å². The van der Waals surface area contributed by atoms with Crippen molar-refractivity contribution in [3.05, 3.63) is 84.1 Å². The van der Waals surface area contributed by atoms with E-state index in [1.165, 1.54) is 0 Å². The van der Waals surface area contributed by atoms with Crippen LogP contribution in [0.15, 0.2) is 72.9 Å². The standard InChI is InChI=1S/C31H35N5O3/c1-2-35(31(39)24-11-4-3-5-12-24)19-9-10-23-16-20-34(21-17-23)22-28(37)36-27-15-7-6-13-25(27)30(38)33-26-14-8-18-32-29(26)36/h3-8,11-15,18,23H,2,9-10,16-17,19-22H2,1H3,(H,33,38). The number of hydrogen-bond acceptors (Lipinski definition) is 5. The number of hydrogen-bond donors (Lipinski definition) is 1. The summed E-state index contributed by atoms with van der Waals surface area (Å²) in [4.78, 5) is 49.4. The van der Waals surface area contributed by atoms with Gasteiger partial charge in [0.2, 0.25) is 5.91 Å². The third-order valence-corrected chi connectivity index (χ3v) is 7.68. The van der Waals surface area contributed by atoms with Gasteiger partial charge in [0.1, 0.15) is 0 Å². The molecule has 0 atom stereocenters. The van der Waals surface area contributed by atoms with E-state index in [2.05, 4.69) is 15.2 Å². The number of carbonyl (C=O) groups is 3. The molecule has 3 aromatic rings. The second-order valence-corrected chi connectivity index (χ2v) is 10.2. The molecule has 5 rings (SSSR count). The highest BCUT2D eigenvalue weighted by atomic mass is 16.2. The lowest BCUT2D eigenvalue weighted by atomic mass is 9.92. The lowest BCUT2D eigenvalue weighted by Crippen LogP contribution is -2.42. The molecule has 2 aromatic carbocycles. The van der Waals surface area contributed by atoms with Crippen LogP contribution in [0.2, 0.25) is 0 Å². The molecule has 1 N–H and O–H groups in total. The summed E-state index contributed by atoms with van der Waals surface area (Å²) >= 11 is 0. The normalized spacial score (nSPS) is 15.6. The van der Waals surface area contributed by atoms with Gasteiger partial charge in [-0.1, -0.05) is 30.3 Å². The van der Waals surface area contributed by atoms with Crippen molar-refractivity contribution in [1.82, 2.24) is 14.8 Å². The predicted molar refractivity (Wildman–Crippen MR) is 152 cm³/mol. The highest BCUT2D eigenvalue weighted by Crippen LogP contribution is 2.36. The molecule has 0 aliphatic carbocycles. The summed E-state index contributed by atoms with van der Waals surface area (Å²) < 4.78 is 0. The van der Waals surface area contributed by atoms with Crippen LogP contribution in [0.3, 0.4) is 0 Å². The number of benzene rings is 2. The summed E-state index contributed by atoms with van der Waals surface area (Å²) in [5.41, 5.74) is 2.27. The Hall–Kier alpha value is -4.04. The number of pyridine rings is 1. The van der Waals surface area contributed by atoms with E-state index in [1.807, 2.05) is 48.2 Å². The number of nitrogens with one attached hydrogen (secondary N) is 1. The lowest BCUT2D eigenvalue weighted by Gasteiger charge is -2.33. The molecule has 2 aliphatic heterocycles. The van der Waals surface area contributed by atoms with Gasteiger partial charge in [0.25, 0.3) is 11.8 Å². The van der Waals surface area contributed by atoms with E-state index < -0.39 is 0 Å². The van der Waals surface area contributed by atoms with Gasteiger partial charge in [-0.25, -0.2) is 4.98 Å². The fourth-order valence-electron chi connectivity index (χ4n) is 5.52. The minimum atomic E-state index is -0.247. The molecule has 2 aliphatic rings. The number of fused-ring (bicyclic) bond motifs is 2. The molecule has 0 unspecified atom stereocenters. The maximum atomic E-state index is 13.7. The molecule has 3 amide bonds. The summed E-state index contributed by atoms with van der Waals surface area (Å²) in [5, 5.41) is 2.89. The van der Waals surface area contributed by atoms with Gasteiger partial charge in [0.05, 0.1) is 23.5 Å². The fraction of sp³-hybridized carbons (Fsp3) is 0.355. The number of aromatic nitrogens is 1. The molecule has 1 saturated heterocycles. The van der Waals surface area contributed by atoms with Crippen LogP contribution >= 0.6 is 0 Å². The average Bonchev–Trinajstić information content (AvgIpc) is 3.10. The highest BCUT2D eigenvalue weighted by molar-refractivity contribution is 6.17. The van der Waals surface area contributed by atoms with Crippen molar-refractivity contribution in [2.45, 2.75) is 32.6 Å².